The third-order valence-electron chi connectivity index (χ3n) is 2.37. The number of aromatic carboxylic acids is 1. The van der Waals surface area contributed by atoms with Gasteiger partial charge < -0.3 is 20.3 Å². The molecule has 1 aromatic carbocycles. The lowest BCUT2D eigenvalue weighted by Crippen LogP contribution is -2.33. The van der Waals surface area contributed by atoms with Gasteiger partial charge >= 0.3 is 12.1 Å². The molecule has 0 aliphatic carbocycles. The number of carboxylic acids is 1. The van der Waals surface area contributed by atoms with E-state index in [2.05, 4.69) is 5.32 Å². The molecule has 0 atom stereocenters. The van der Waals surface area contributed by atoms with Gasteiger partial charge in [-0.1, -0.05) is 6.07 Å². The van der Waals surface area contributed by atoms with Crippen LogP contribution in [0.5, 0.6) is 5.75 Å². The first-order valence-corrected chi connectivity index (χ1v) is 6.21. The van der Waals surface area contributed by atoms with E-state index in [0.717, 1.165) is 0 Å². The summed E-state index contributed by atoms with van der Waals surface area (Å²) in [6.45, 7) is 5.63. The molecule has 0 radical (unpaired) electrons. The molecule has 110 valence electrons. The Morgan fingerprint density at radius 3 is 2.50 bits per heavy atom. The zero-order chi connectivity index (χ0) is 15.3. The Morgan fingerprint density at radius 1 is 1.30 bits per heavy atom. The lowest BCUT2D eigenvalue weighted by Gasteiger charge is -2.19. The number of alkyl carbamates (subject to hydrolysis) is 1. The average Bonchev–Trinajstić information content (AvgIpc) is 2.28. The molecule has 0 aromatic heterocycles. The van der Waals surface area contributed by atoms with Gasteiger partial charge in [0.25, 0.3) is 0 Å². The number of carbonyl (C=O) groups is 2. The predicted octanol–water partition coefficient (Wildman–Crippen LogP) is 2.16. The van der Waals surface area contributed by atoms with Crippen molar-refractivity contribution in [2.24, 2.45) is 0 Å². The van der Waals surface area contributed by atoms with Crippen molar-refractivity contribution >= 4 is 12.1 Å². The Bertz CT molecular complexity index is 505. The van der Waals surface area contributed by atoms with Crippen molar-refractivity contribution in [1.29, 1.82) is 0 Å². The molecule has 0 unspecified atom stereocenters. The summed E-state index contributed by atoms with van der Waals surface area (Å²) < 4.78 is 5.07. The maximum atomic E-state index is 11.4. The van der Waals surface area contributed by atoms with Gasteiger partial charge in [-0.25, -0.2) is 9.59 Å². The molecular weight excluding hydrogens is 262 g/mol. The number of phenols is 1. The van der Waals surface area contributed by atoms with E-state index in [1.807, 2.05) is 0 Å². The number of rotatable bonds is 4. The van der Waals surface area contributed by atoms with Crippen LogP contribution in [0.1, 0.15) is 36.7 Å². The molecule has 1 amide bonds. The van der Waals surface area contributed by atoms with Crippen molar-refractivity contribution in [2.75, 3.05) is 6.54 Å². The van der Waals surface area contributed by atoms with Crippen LogP contribution in [0.25, 0.3) is 0 Å². The van der Waals surface area contributed by atoms with Crippen LogP contribution < -0.4 is 5.32 Å². The highest BCUT2D eigenvalue weighted by molar-refractivity contribution is 5.90. The maximum Gasteiger partial charge on any atom is 0.407 e. The minimum absolute atomic E-state index is 0.153. The van der Waals surface area contributed by atoms with Crippen LogP contribution in [-0.4, -0.2) is 34.4 Å². The first kappa shape index (κ1) is 15.8. The van der Waals surface area contributed by atoms with Crippen LogP contribution in [0, 0.1) is 0 Å². The Balaban J connectivity index is 2.53. The third kappa shape index (κ3) is 5.17. The molecule has 0 saturated heterocycles. The van der Waals surface area contributed by atoms with Gasteiger partial charge in [0.1, 0.15) is 16.9 Å². The Labute approximate surface area is 117 Å². The van der Waals surface area contributed by atoms with Crippen LogP contribution in [0.2, 0.25) is 0 Å². The molecule has 0 aliphatic rings. The molecule has 0 saturated carbocycles. The number of aromatic hydroxyl groups is 1. The van der Waals surface area contributed by atoms with E-state index < -0.39 is 17.7 Å². The zero-order valence-corrected chi connectivity index (χ0v) is 11.8. The number of amides is 1. The fourth-order valence-corrected chi connectivity index (χ4v) is 1.53. The Morgan fingerprint density at radius 2 is 1.95 bits per heavy atom. The topological polar surface area (TPSA) is 95.9 Å². The lowest BCUT2D eigenvalue weighted by atomic mass is 10.1. The summed E-state index contributed by atoms with van der Waals surface area (Å²) in [6, 6.07) is 4.32. The molecule has 0 fully saturated rings. The van der Waals surface area contributed by atoms with E-state index in [9.17, 15) is 14.7 Å². The van der Waals surface area contributed by atoms with E-state index in [1.165, 1.54) is 12.1 Å². The second kappa shape index (κ2) is 6.27. The standard InChI is InChI=1S/C14H19NO5/c1-14(2,3)20-13(19)15-7-6-9-4-5-11(16)10(8-9)12(17)18/h4-5,8,16H,6-7H2,1-3H3,(H,15,19)(H,17,18). The summed E-state index contributed by atoms with van der Waals surface area (Å²) in [5, 5.41) is 20.8. The van der Waals surface area contributed by atoms with E-state index >= 15 is 0 Å². The quantitative estimate of drug-likeness (QED) is 0.786. The molecule has 3 N–H and O–H groups in total. The monoisotopic (exact) mass is 281 g/mol. The van der Waals surface area contributed by atoms with Crippen molar-refractivity contribution < 1.29 is 24.5 Å². The van der Waals surface area contributed by atoms with Gasteiger partial charge in [-0.2, -0.15) is 0 Å². The van der Waals surface area contributed by atoms with Gasteiger partial charge in [-0.05, 0) is 44.9 Å². The summed E-state index contributed by atoms with van der Waals surface area (Å²) in [4.78, 5) is 22.3. The summed E-state index contributed by atoms with van der Waals surface area (Å²) in [6.07, 6.45) is -0.0745. The van der Waals surface area contributed by atoms with Gasteiger partial charge in [-0.3, -0.25) is 0 Å². The fraction of sp³-hybridized carbons (Fsp3) is 0.429. The number of carboxylic acid groups (broad SMARTS) is 1. The van der Waals surface area contributed by atoms with Crippen molar-refractivity contribution in [2.45, 2.75) is 32.8 Å². The Hall–Kier alpha value is -2.24. The van der Waals surface area contributed by atoms with Crippen LogP contribution in [0.3, 0.4) is 0 Å². The van der Waals surface area contributed by atoms with Crippen LogP contribution in [0.4, 0.5) is 4.79 Å². The van der Waals surface area contributed by atoms with Gasteiger partial charge in [-0.15, -0.1) is 0 Å². The van der Waals surface area contributed by atoms with Crippen LogP contribution in [0.15, 0.2) is 18.2 Å². The number of carbonyl (C=O) groups excluding carboxylic acids is 1. The minimum atomic E-state index is -1.19. The molecule has 0 aliphatic heterocycles. The molecule has 1 rings (SSSR count). The number of hydrogen-bond donors (Lipinski definition) is 3. The molecule has 6 nitrogen and oxygen atoms in total. The van der Waals surface area contributed by atoms with E-state index in [-0.39, 0.29) is 11.3 Å². The van der Waals surface area contributed by atoms with Gasteiger partial charge in [0.15, 0.2) is 0 Å². The molecule has 6 heteroatoms. The summed E-state index contributed by atoms with van der Waals surface area (Å²) in [5.74, 6) is -1.47. The molecule has 0 spiro atoms. The van der Waals surface area contributed by atoms with E-state index in [1.54, 1.807) is 26.8 Å². The minimum Gasteiger partial charge on any atom is -0.507 e. The molecule has 0 bridgehead atoms. The largest absolute Gasteiger partial charge is 0.507 e. The maximum absolute atomic E-state index is 11.4. The highest BCUT2D eigenvalue weighted by Gasteiger charge is 2.15. The number of benzene rings is 1. The second-order valence-electron chi connectivity index (χ2n) is 5.34. The fourth-order valence-electron chi connectivity index (χ4n) is 1.53. The normalized spacial score (nSPS) is 10.9. The van der Waals surface area contributed by atoms with E-state index in [4.69, 9.17) is 9.84 Å². The van der Waals surface area contributed by atoms with Crippen LogP contribution in [-0.2, 0) is 11.2 Å². The zero-order valence-electron chi connectivity index (χ0n) is 11.8. The second-order valence-corrected chi connectivity index (χ2v) is 5.34. The molecule has 20 heavy (non-hydrogen) atoms. The van der Waals surface area contributed by atoms with Gasteiger partial charge in [0.05, 0.1) is 0 Å². The summed E-state index contributed by atoms with van der Waals surface area (Å²) >= 11 is 0. The summed E-state index contributed by atoms with van der Waals surface area (Å²) in [5.41, 5.74) is -0.00457. The van der Waals surface area contributed by atoms with Gasteiger partial charge in [0.2, 0.25) is 0 Å². The van der Waals surface area contributed by atoms with Crippen molar-refractivity contribution in [3.63, 3.8) is 0 Å². The third-order valence-corrected chi connectivity index (χ3v) is 2.37. The smallest absolute Gasteiger partial charge is 0.407 e. The van der Waals surface area contributed by atoms with Crippen molar-refractivity contribution in [1.82, 2.24) is 5.32 Å². The number of hydrogen-bond acceptors (Lipinski definition) is 4. The molecule has 1 aromatic rings. The SMILES string of the molecule is CC(C)(C)OC(=O)NCCc1ccc(O)c(C(=O)O)c1. The van der Waals surface area contributed by atoms with Crippen molar-refractivity contribution in [3.05, 3.63) is 29.3 Å². The van der Waals surface area contributed by atoms with E-state index in [0.29, 0.717) is 18.5 Å². The number of ether oxygens (including phenoxy) is 1. The van der Waals surface area contributed by atoms with Crippen LogP contribution >= 0.6 is 0 Å². The lowest BCUT2D eigenvalue weighted by molar-refractivity contribution is 0.0527. The summed E-state index contributed by atoms with van der Waals surface area (Å²) in [7, 11) is 0. The average molecular weight is 281 g/mol. The highest BCUT2D eigenvalue weighted by atomic mass is 16.6. The molecular formula is C14H19NO5. The van der Waals surface area contributed by atoms with Gasteiger partial charge in [0, 0.05) is 6.54 Å². The highest BCUT2D eigenvalue weighted by Crippen LogP contribution is 2.18. The first-order chi connectivity index (χ1) is 9.19. The number of nitrogens with one attached hydrogen (secondary N) is 1. The first-order valence-electron chi connectivity index (χ1n) is 6.21. The predicted molar refractivity (Wildman–Crippen MR) is 73.0 cm³/mol. The molecule has 0 heterocycles. The van der Waals surface area contributed by atoms with Crippen molar-refractivity contribution in [3.8, 4) is 5.75 Å². The Kier molecular flexibility index (Phi) is 4.96.